The Kier molecular flexibility index (Phi) is 4.53. The summed E-state index contributed by atoms with van der Waals surface area (Å²) in [4.78, 5) is 0. The Morgan fingerprint density at radius 1 is 1.22 bits per heavy atom. The van der Waals surface area contributed by atoms with Crippen molar-refractivity contribution in [1.82, 2.24) is 15.1 Å². The molecular weight excluding hydrogens is 222 g/mol. The highest BCUT2D eigenvalue weighted by molar-refractivity contribution is 5.65. The van der Waals surface area contributed by atoms with Crippen LogP contribution in [0.5, 0.6) is 0 Å². The first-order valence-corrected chi connectivity index (χ1v) is 6.66. The van der Waals surface area contributed by atoms with Crippen molar-refractivity contribution < 1.29 is 0 Å². The van der Waals surface area contributed by atoms with E-state index in [1.807, 2.05) is 10.9 Å². The van der Waals surface area contributed by atoms with E-state index in [0.29, 0.717) is 0 Å². The molecule has 0 saturated heterocycles. The highest BCUT2D eigenvalue weighted by Gasteiger charge is 2.06. The normalized spacial score (nSPS) is 10.8. The minimum absolute atomic E-state index is 0.908. The number of hydrogen-bond acceptors (Lipinski definition) is 2. The number of hydrogen-bond donors (Lipinski definition) is 1. The maximum Gasteiger partial charge on any atom is 0.0568 e. The predicted octanol–water partition coefficient (Wildman–Crippen LogP) is 3.07. The Morgan fingerprint density at radius 2 is 2.06 bits per heavy atom. The SMILES string of the molecule is CCCn1cc(-c2ccccc2CNCC)cn1. The van der Waals surface area contributed by atoms with Gasteiger partial charge in [-0.25, -0.2) is 0 Å². The van der Waals surface area contributed by atoms with Gasteiger partial charge in [-0.1, -0.05) is 38.1 Å². The van der Waals surface area contributed by atoms with Gasteiger partial charge in [0.2, 0.25) is 0 Å². The lowest BCUT2D eigenvalue weighted by molar-refractivity contribution is 0.603. The molecule has 1 N–H and O–H groups in total. The second kappa shape index (κ2) is 6.36. The molecule has 0 amide bonds. The molecule has 1 aromatic heterocycles. The molecule has 2 aromatic rings. The van der Waals surface area contributed by atoms with Crippen LogP contribution in [-0.2, 0) is 13.1 Å². The summed E-state index contributed by atoms with van der Waals surface area (Å²) >= 11 is 0. The number of aryl methyl sites for hydroxylation is 1. The van der Waals surface area contributed by atoms with Crippen molar-refractivity contribution >= 4 is 0 Å². The zero-order chi connectivity index (χ0) is 12.8. The molecule has 3 nitrogen and oxygen atoms in total. The van der Waals surface area contributed by atoms with Crippen molar-refractivity contribution in [3.8, 4) is 11.1 Å². The van der Waals surface area contributed by atoms with Crippen LogP contribution in [0, 0.1) is 0 Å². The summed E-state index contributed by atoms with van der Waals surface area (Å²) in [5, 5.41) is 7.78. The van der Waals surface area contributed by atoms with E-state index in [1.54, 1.807) is 0 Å². The molecule has 0 spiro atoms. The highest BCUT2D eigenvalue weighted by Crippen LogP contribution is 2.23. The van der Waals surface area contributed by atoms with Crippen molar-refractivity contribution in [2.75, 3.05) is 6.54 Å². The molecule has 1 heterocycles. The van der Waals surface area contributed by atoms with E-state index in [9.17, 15) is 0 Å². The zero-order valence-corrected chi connectivity index (χ0v) is 11.2. The molecule has 0 aliphatic heterocycles. The standard InChI is InChI=1S/C15H21N3/c1-3-9-18-12-14(11-17-18)15-8-6-5-7-13(15)10-16-4-2/h5-8,11-12,16H,3-4,9-10H2,1-2H3. The van der Waals surface area contributed by atoms with E-state index in [1.165, 1.54) is 16.7 Å². The Balaban J connectivity index is 2.25. The quantitative estimate of drug-likeness (QED) is 0.845. The Labute approximate surface area is 109 Å². The van der Waals surface area contributed by atoms with E-state index < -0.39 is 0 Å². The first kappa shape index (κ1) is 12.8. The third-order valence-corrected chi connectivity index (χ3v) is 2.98. The molecule has 0 unspecified atom stereocenters. The van der Waals surface area contributed by atoms with E-state index in [-0.39, 0.29) is 0 Å². The summed E-state index contributed by atoms with van der Waals surface area (Å²) < 4.78 is 2.01. The van der Waals surface area contributed by atoms with Gasteiger partial charge in [-0.2, -0.15) is 5.10 Å². The summed E-state index contributed by atoms with van der Waals surface area (Å²) in [5.74, 6) is 0. The number of rotatable bonds is 6. The fourth-order valence-electron chi connectivity index (χ4n) is 2.07. The molecular formula is C15H21N3. The van der Waals surface area contributed by atoms with Crippen LogP contribution in [0.25, 0.3) is 11.1 Å². The van der Waals surface area contributed by atoms with Gasteiger partial charge in [0.05, 0.1) is 6.20 Å². The molecule has 0 fully saturated rings. The molecule has 0 aliphatic carbocycles. The van der Waals surface area contributed by atoms with Gasteiger partial charge in [-0.05, 0) is 24.1 Å². The molecule has 2 rings (SSSR count). The molecule has 96 valence electrons. The monoisotopic (exact) mass is 243 g/mol. The Bertz CT molecular complexity index is 488. The number of aromatic nitrogens is 2. The highest BCUT2D eigenvalue weighted by atomic mass is 15.3. The first-order valence-electron chi connectivity index (χ1n) is 6.66. The summed E-state index contributed by atoms with van der Waals surface area (Å²) in [6, 6.07) is 8.52. The van der Waals surface area contributed by atoms with Gasteiger partial charge in [0, 0.05) is 24.8 Å². The average Bonchev–Trinajstić information content (AvgIpc) is 2.86. The molecule has 0 bridgehead atoms. The van der Waals surface area contributed by atoms with Gasteiger partial charge in [0.1, 0.15) is 0 Å². The van der Waals surface area contributed by atoms with Crippen LogP contribution < -0.4 is 5.32 Å². The van der Waals surface area contributed by atoms with Gasteiger partial charge >= 0.3 is 0 Å². The Morgan fingerprint density at radius 3 is 2.83 bits per heavy atom. The van der Waals surface area contributed by atoms with Crippen LogP contribution >= 0.6 is 0 Å². The van der Waals surface area contributed by atoms with Crippen molar-refractivity contribution in [2.24, 2.45) is 0 Å². The number of benzene rings is 1. The lowest BCUT2D eigenvalue weighted by Crippen LogP contribution is -2.12. The van der Waals surface area contributed by atoms with Crippen molar-refractivity contribution in [2.45, 2.75) is 33.4 Å². The molecule has 0 saturated carbocycles. The second-order valence-corrected chi connectivity index (χ2v) is 4.43. The molecule has 3 heteroatoms. The fraction of sp³-hybridized carbons (Fsp3) is 0.400. The van der Waals surface area contributed by atoms with Crippen LogP contribution in [0.15, 0.2) is 36.7 Å². The molecule has 0 atom stereocenters. The summed E-state index contributed by atoms with van der Waals surface area (Å²) in [6.45, 7) is 7.17. The van der Waals surface area contributed by atoms with Gasteiger partial charge in [-0.3, -0.25) is 4.68 Å². The zero-order valence-electron chi connectivity index (χ0n) is 11.2. The average molecular weight is 243 g/mol. The lowest BCUT2D eigenvalue weighted by atomic mass is 10.0. The molecule has 0 radical (unpaired) electrons. The van der Waals surface area contributed by atoms with Crippen LogP contribution in [-0.4, -0.2) is 16.3 Å². The Hall–Kier alpha value is -1.61. The van der Waals surface area contributed by atoms with Gasteiger partial charge in [-0.15, -0.1) is 0 Å². The predicted molar refractivity (Wildman–Crippen MR) is 75.3 cm³/mol. The summed E-state index contributed by atoms with van der Waals surface area (Å²) in [6.07, 6.45) is 5.20. The third kappa shape index (κ3) is 2.99. The largest absolute Gasteiger partial charge is 0.313 e. The maximum atomic E-state index is 4.40. The van der Waals surface area contributed by atoms with Gasteiger partial charge in [0.25, 0.3) is 0 Å². The van der Waals surface area contributed by atoms with E-state index in [2.05, 4.69) is 54.7 Å². The van der Waals surface area contributed by atoms with E-state index in [4.69, 9.17) is 0 Å². The van der Waals surface area contributed by atoms with Crippen LogP contribution in [0.4, 0.5) is 0 Å². The molecule has 0 aliphatic rings. The molecule has 1 aromatic carbocycles. The van der Waals surface area contributed by atoms with E-state index >= 15 is 0 Å². The van der Waals surface area contributed by atoms with Crippen molar-refractivity contribution in [3.63, 3.8) is 0 Å². The number of nitrogens with zero attached hydrogens (tertiary/aromatic N) is 2. The first-order chi connectivity index (χ1) is 8.85. The third-order valence-electron chi connectivity index (χ3n) is 2.98. The fourth-order valence-corrected chi connectivity index (χ4v) is 2.07. The second-order valence-electron chi connectivity index (χ2n) is 4.43. The van der Waals surface area contributed by atoms with Crippen molar-refractivity contribution in [1.29, 1.82) is 0 Å². The summed E-state index contributed by atoms with van der Waals surface area (Å²) in [7, 11) is 0. The van der Waals surface area contributed by atoms with Crippen molar-refractivity contribution in [3.05, 3.63) is 42.2 Å². The smallest absolute Gasteiger partial charge is 0.0568 e. The lowest BCUT2D eigenvalue weighted by Gasteiger charge is -2.08. The number of nitrogens with one attached hydrogen (secondary N) is 1. The van der Waals surface area contributed by atoms with E-state index in [0.717, 1.165) is 26.1 Å². The summed E-state index contributed by atoms with van der Waals surface area (Å²) in [5.41, 5.74) is 3.81. The van der Waals surface area contributed by atoms with Gasteiger partial charge < -0.3 is 5.32 Å². The van der Waals surface area contributed by atoms with Gasteiger partial charge in [0.15, 0.2) is 0 Å². The van der Waals surface area contributed by atoms with Crippen LogP contribution in [0.2, 0.25) is 0 Å². The minimum Gasteiger partial charge on any atom is -0.313 e. The maximum absolute atomic E-state index is 4.40. The van der Waals surface area contributed by atoms with Crippen LogP contribution in [0.1, 0.15) is 25.8 Å². The van der Waals surface area contributed by atoms with Crippen LogP contribution in [0.3, 0.4) is 0 Å². The molecule has 18 heavy (non-hydrogen) atoms. The minimum atomic E-state index is 0.908. The topological polar surface area (TPSA) is 29.9 Å².